The third-order valence-electron chi connectivity index (χ3n) is 4.94. The van der Waals surface area contributed by atoms with Crippen LogP contribution in [-0.2, 0) is 0 Å². The van der Waals surface area contributed by atoms with E-state index in [1.807, 2.05) is 24.3 Å². The molecule has 4 aromatic rings. The largest absolute Gasteiger partial charge is 0.496 e. The number of anilines is 4. The van der Waals surface area contributed by atoms with Crippen molar-refractivity contribution >= 4 is 44.3 Å². The third-order valence-corrected chi connectivity index (χ3v) is 4.94. The van der Waals surface area contributed by atoms with E-state index in [4.69, 9.17) is 9.47 Å². The van der Waals surface area contributed by atoms with E-state index >= 15 is 0 Å². The molecule has 0 aliphatic carbocycles. The molecular weight excluding hydrogens is 324 g/mol. The van der Waals surface area contributed by atoms with Crippen molar-refractivity contribution in [3.63, 3.8) is 0 Å². The Balaban J connectivity index is 1.68. The lowest BCUT2D eigenvalue weighted by molar-refractivity contribution is 0.419. The highest BCUT2D eigenvalue weighted by Crippen LogP contribution is 2.44. The van der Waals surface area contributed by atoms with Crippen LogP contribution in [0.1, 0.15) is 0 Å². The third kappa shape index (κ3) is 2.15. The molecule has 5 rings (SSSR count). The Kier molecular flexibility index (Phi) is 3.19. The maximum Gasteiger partial charge on any atom is 0.126 e. The Labute approximate surface area is 151 Å². The minimum absolute atomic E-state index is 0.876. The number of hydrogen-bond acceptors (Lipinski definition) is 4. The fourth-order valence-electron chi connectivity index (χ4n) is 3.65. The first-order chi connectivity index (χ1) is 12.8. The average Bonchev–Trinajstić information content (AvgIpc) is 2.68. The highest BCUT2D eigenvalue weighted by Gasteiger charge is 2.17. The van der Waals surface area contributed by atoms with Crippen molar-refractivity contribution in [1.29, 1.82) is 0 Å². The molecule has 0 unspecified atom stereocenters. The van der Waals surface area contributed by atoms with Crippen molar-refractivity contribution in [3.8, 4) is 11.5 Å². The number of methoxy groups -OCH3 is 2. The van der Waals surface area contributed by atoms with Crippen LogP contribution in [0.15, 0.2) is 60.7 Å². The maximum absolute atomic E-state index is 5.51. The first-order valence-electron chi connectivity index (χ1n) is 8.52. The molecule has 2 N–H and O–H groups in total. The van der Waals surface area contributed by atoms with Crippen LogP contribution in [0.3, 0.4) is 0 Å². The molecule has 0 saturated carbocycles. The molecule has 1 aliphatic heterocycles. The van der Waals surface area contributed by atoms with Gasteiger partial charge in [-0.1, -0.05) is 24.3 Å². The van der Waals surface area contributed by atoms with Crippen LogP contribution in [-0.4, -0.2) is 14.2 Å². The highest BCUT2D eigenvalue weighted by atomic mass is 16.5. The van der Waals surface area contributed by atoms with Gasteiger partial charge in [0.2, 0.25) is 0 Å². The van der Waals surface area contributed by atoms with E-state index in [1.54, 1.807) is 14.2 Å². The first kappa shape index (κ1) is 14.9. The molecule has 0 fully saturated rings. The molecule has 0 amide bonds. The summed E-state index contributed by atoms with van der Waals surface area (Å²) in [5.74, 6) is 1.75. The molecule has 4 heteroatoms. The van der Waals surface area contributed by atoms with Crippen LogP contribution in [0.25, 0.3) is 21.5 Å². The predicted molar refractivity (Wildman–Crippen MR) is 108 cm³/mol. The lowest BCUT2D eigenvalue weighted by Gasteiger charge is -2.25. The number of ether oxygens (including phenoxy) is 2. The molecule has 128 valence electrons. The Hall–Kier alpha value is -3.40. The normalized spacial score (nSPS) is 12.1. The zero-order valence-electron chi connectivity index (χ0n) is 14.6. The van der Waals surface area contributed by atoms with Crippen LogP contribution in [0.2, 0.25) is 0 Å². The van der Waals surface area contributed by atoms with Gasteiger partial charge in [-0.05, 0) is 47.2 Å². The topological polar surface area (TPSA) is 42.5 Å². The van der Waals surface area contributed by atoms with E-state index in [9.17, 15) is 0 Å². The van der Waals surface area contributed by atoms with Crippen LogP contribution >= 0.6 is 0 Å². The molecule has 0 bridgehead atoms. The highest BCUT2D eigenvalue weighted by molar-refractivity contribution is 6.04. The Morgan fingerprint density at radius 2 is 1.00 bits per heavy atom. The molecule has 4 nitrogen and oxygen atoms in total. The molecule has 1 aliphatic rings. The fraction of sp³-hybridized carbons (Fsp3) is 0.0909. The molecule has 0 atom stereocenters. The monoisotopic (exact) mass is 342 g/mol. The molecular formula is C22H18N2O2. The summed E-state index contributed by atoms with van der Waals surface area (Å²) in [7, 11) is 3.41. The number of benzene rings is 4. The van der Waals surface area contributed by atoms with E-state index in [1.165, 1.54) is 0 Å². The number of hydrogen-bond donors (Lipinski definition) is 2. The average molecular weight is 342 g/mol. The van der Waals surface area contributed by atoms with Crippen LogP contribution in [0.4, 0.5) is 22.7 Å². The van der Waals surface area contributed by atoms with Gasteiger partial charge in [0, 0.05) is 10.8 Å². The summed E-state index contributed by atoms with van der Waals surface area (Å²) in [6, 6.07) is 20.7. The van der Waals surface area contributed by atoms with Crippen LogP contribution in [0.5, 0.6) is 11.5 Å². The lowest BCUT2D eigenvalue weighted by atomic mass is 10.0. The van der Waals surface area contributed by atoms with Crippen molar-refractivity contribution in [1.82, 2.24) is 0 Å². The van der Waals surface area contributed by atoms with Crippen molar-refractivity contribution in [3.05, 3.63) is 60.7 Å². The second kappa shape index (κ2) is 5.56. The van der Waals surface area contributed by atoms with Crippen molar-refractivity contribution in [2.24, 2.45) is 0 Å². The van der Waals surface area contributed by atoms with E-state index in [0.29, 0.717) is 0 Å². The minimum Gasteiger partial charge on any atom is -0.496 e. The van der Waals surface area contributed by atoms with E-state index in [-0.39, 0.29) is 0 Å². The smallest absolute Gasteiger partial charge is 0.126 e. The van der Waals surface area contributed by atoms with Crippen molar-refractivity contribution < 1.29 is 9.47 Å². The predicted octanol–water partition coefficient (Wildman–Crippen LogP) is 5.81. The number of fused-ring (bicyclic) bond motifs is 4. The Bertz CT molecular complexity index is 1070. The van der Waals surface area contributed by atoms with E-state index in [2.05, 4.69) is 47.0 Å². The van der Waals surface area contributed by atoms with Gasteiger partial charge in [-0.25, -0.2) is 0 Å². The van der Waals surface area contributed by atoms with Gasteiger partial charge in [-0.15, -0.1) is 0 Å². The maximum atomic E-state index is 5.51. The molecule has 1 heterocycles. The van der Waals surface area contributed by atoms with Gasteiger partial charge >= 0.3 is 0 Å². The summed E-state index contributed by atoms with van der Waals surface area (Å²) in [4.78, 5) is 0. The standard InChI is InChI=1S/C22H18N2O2/c1-25-21-7-3-5-13-9-17-19(11-15(13)21)23-18-10-14-6-4-8-22(26-2)16(14)12-20(18)24-17/h3-12,23-24H,1-2H3. The second-order valence-corrected chi connectivity index (χ2v) is 6.41. The Morgan fingerprint density at radius 3 is 1.42 bits per heavy atom. The summed E-state index contributed by atoms with van der Waals surface area (Å²) in [6.07, 6.45) is 0. The fourth-order valence-corrected chi connectivity index (χ4v) is 3.65. The quantitative estimate of drug-likeness (QED) is 0.425. The molecule has 26 heavy (non-hydrogen) atoms. The van der Waals surface area contributed by atoms with Crippen molar-refractivity contribution in [2.75, 3.05) is 24.9 Å². The second-order valence-electron chi connectivity index (χ2n) is 6.41. The SMILES string of the molecule is COc1cccc2cc3c(cc12)Nc1cc2cccc(OC)c2cc1N3. The number of nitrogens with one attached hydrogen (secondary N) is 2. The molecule has 0 spiro atoms. The van der Waals surface area contributed by atoms with Gasteiger partial charge in [0.05, 0.1) is 37.0 Å². The number of rotatable bonds is 2. The van der Waals surface area contributed by atoms with Crippen molar-refractivity contribution in [2.45, 2.75) is 0 Å². The van der Waals surface area contributed by atoms with E-state index < -0.39 is 0 Å². The minimum atomic E-state index is 0.876. The molecule has 4 aromatic carbocycles. The first-order valence-corrected chi connectivity index (χ1v) is 8.52. The molecule has 0 saturated heterocycles. The van der Waals surface area contributed by atoms with Gasteiger partial charge in [-0.3, -0.25) is 0 Å². The van der Waals surface area contributed by atoms with Crippen LogP contribution < -0.4 is 20.1 Å². The van der Waals surface area contributed by atoms with Gasteiger partial charge in [0.25, 0.3) is 0 Å². The summed E-state index contributed by atoms with van der Waals surface area (Å²) in [5, 5.41) is 11.6. The zero-order chi connectivity index (χ0) is 17.7. The van der Waals surface area contributed by atoms with E-state index in [0.717, 1.165) is 55.8 Å². The van der Waals surface area contributed by atoms with Crippen LogP contribution in [0, 0.1) is 0 Å². The lowest BCUT2D eigenvalue weighted by Crippen LogP contribution is -2.06. The van der Waals surface area contributed by atoms with Gasteiger partial charge in [0.15, 0.2) is 0 Å². The molecule has 0 aromatic heterocycles. The van der Waals surface area contributed by atoms with Gasteiger partial charge in [-0.2, -0.15) is 0 Å². The Morgan fingerprint density at radius 1 is 0.577 bits per heavy atom. The summed E-state index contributed by atoms with van der Waals surface area (Å²) in [6.45, 7) is 0. The summed E-state index contributed by atoms with van der Waals surface area (Å²) < 4.78 is 11.0. The van der Waals surface area contributed by atoms with Gasteiger partial charge in [0.1, 0.15) is 11.5 Å². The summed E-state index contributed by atoms with van der Waals surface area (Å²) >= 11 is 0. The molecule has 0 radical (unpaired) electrons. The zero-order valence-corrected chi connectivity index (χ0v) is 14.6. The summed E-state index contributed by atoms with van der Waals surface area (Å²) in [5.41, 5.74) is 4.17. The van der Waals surface area contributed by atoms with Gasteiger partial charge < -0.3 is 20.1 Å².